The van der Waals surface area contributed by atoms with Gasteiger partial charge in [0.2, 0.25) is 0 Å². The Morgan fingerprint density at radius 2 is 1.92 bits per heavy atom. The normalized spacial score (nSPS) is 24.2. The maximum absolute atomic E-state index is 5.37. The van der Waals surface area contributed by atoms with Gasteiger partial charge in [0.15, 0.2) is 0 Å². The molecule has 0 atom stereocenters. The Morgan fingerprint density at radius 1 is 1.08 bits per heavy atom. The van der Waals surface area contributed by atoms with Gasteiger partial charge in [-0.25, -0.2) is 0 Å². The summed E-state index contributed by atoms with van der Waals surface area (Å²) in [5.41, 5.74) is 0. The minimum atomic E-state index is 0.601. The van der Waals surface area contributed by atoms with Crippen molar-refractivity contribution in [2.45, 2.75) is 32.1 Å². The summed E-state index contributed by atoms with van der Waals surface area (Å²) in [5.74, 6) is 1.61. The number of rotatable bonds is 1. The van der Waals surface area contributed by atoms with E-state index in [0.717, 1.165) is 5.76 Å². The minimum Gasteiger partial charge on any atom is -0.466 e. The maximum Gasteiger partial charge on any atom is 0.141 e. The predicted molar refractivity (Wildman–Crippen MR) is 46.0 cm³/mol. The molecule has 2 rings (SSSR count). The van der Waals surface area contributed by atoms with E-state index < -0.39 is 0 Å². The van der Waals surface area contributed by atoms with Crippen molar-refractivity contribution in [3.8, 4) is 0 Å². The van der Waals surface area contributed by atoms with Crippen molar-refractivity contribution in [2.75, 3.05) is 0 Å². The summed E-state index contributed by atoms with van der Waals surface area (Å²) in [4.78, 5) is 0. The van der Waals surface area contributed by atoms with Crippen molar-refractivity contribution >= 4 is 0 Å². The van der Waals surface area contributed by atoms with E-state index in [1.54, 1.807) is 18.8 Å². The van der Waals surface area contributed by atoms with Gasteiger partial charge in [0, 0.05) is 5.92 Å². The lowest BCUT2D eigenvalue weighted by atomic mass is 9.88. The summed E-state index contributed by atoms with van der Waals surface area (Å²) in [6, 6.07) is 0. The van der Waals surface area contributed by atoms with Crippen LogP contribution in [0.1, 0.15) is 32.1 Å². The number of allylic oxidation sites excluding steroid dienone is 1. The molecule has 0 aromatic heterocycles. The van der Waals surface area contributed by atoms with Crippen LogP contribution in [0.2, 0.25) is 0 Å². The lowest BCUT2D eigenvalue weighted by molar-refractivity contribution is 0.197. The average molecular weight is 166 g/mol. The van der Waals surface area contributed by atoms with Crippen molar-refractivity contribution < 1.29 is 9.47 Å². The first-order valence-corrected chi connectivity index (χ1v) is 4.64. The summed E-state index contributed by atoms with van der Waals surface area (Å²) in [6.45, 7) is 0. The van der Waals surface area contributed by atoms with E-state index in [4.69, 9.17) is 9.47 Å². The molecule has 66 valence electrons. The van der Waals surface area contributed by atoms with E-state index in [1.165, 1.54) is 32.1 Å². The molecule has 0 unspecified atom stereocenters. The largest absolute Gasteiger partial charge is 0.466 e. The molecule has 0 aromatic carbocycles. The van der Waals surface area contributed by atoms with Crippen LogP contribution >= 0.6 is 0 Å². The van der Waals surface area contributed by atoms with Gasteiger partial charge in [-0.2, -0.15) is 0 Å². The number of ether oxygens (including phenoxy) is 2. The number of hydrogen-bond donors (Lipinski definition) is 0. The van der Waals surface area contributed by atoms with Gasteiger partial charge >= 0.3 is 0 Å². The molecule has 1 saturated carbocycles. The first kappa shape index (κ1) is 7.71. The highest BCUT2D eigenvalue weighted by molar-refractivity contribution is 5.01. The summed E-state index contributed by atoms with van der Waals surface area (Å²) in [7, 11) is 0. The fourth-order valence-corrected chi connectivity index (χ4v) is 1.85. The molecule has 1 heterocycles. The maximum atomic E-state index is 5.37. The van der Waals surface area contributed by atoms with Crippen LogP contribution in [-0.2, 0) is 9.47 Å². The van der Waals surface area contributed by atoms with E-state index in [2.05, 4.69) is 0 Å². The van der Waals surface area contributed by atoms with Gasteiger partial charge in [-0.3, -0.25) is 0 Å². The monoisotopic (exact) mass is 166 g/mol. The molecular weight excluding hydrogens is 152 g/mol. The van der Waals surface area contributed by atoms with Crippen molar-refractivity contribution in [3.63, 3.8) is 0 Å². The van der Waals surface area contributed by atoms with E-state index in [9.17, 15) is 0 Å². The topological polar surface area (TPSA) is 18.5 Å². The van der Waals surface area contributed by atoms with Crippen LogP contribution in [0.5, 0.6) is 0 Å². The Labute approximate surface area is 72.9 Å². The van der Waals surface area contributed by atoms with E-state index >= 15 is 0 Å². The van der Waals surface area contributed by atoms with Crippen LogP contribution < -0.4 is 0 Å². The minimum absolute atomic E-state index is 0.601. The molecule has 2 heteroatoms. The Balaban J connectivity index is 1.93. The second-order valence-corrected chi connectivity index (χ2v) is 3.38. The molecule has 0 bridgehead atoms. The van der Waals surface area contributed by atoms with Gasteiger partial charge in [-0.15, -0.1) is 0 Å². The highest BCUT2D eigenvalue weighted by atomic mass is 16.5. The highest BCUT2D eigenvalue weighted by Gasteiger charge is 2.19. The van der Waals surface area contributed by atoms with E-state index in [0.29, 0.717) is 5.92 Å². The summed E-state index contributed by atoms with van der Waals surface area (Å²) >= 11 is 0. The first-order valence-electron chi connectivity index (χ1n) is 4.64. The van der Waals surface area contributed by atoms with Gasteiger partial charge in [0.05, 0.1) is 0 Å². The molecule has 1 aliphatic heterocycles. The molecule has 0 radical (unpaired) electrons. The molecule has 2 nitrogen and oxygen atoms in total. The molecule has 0 aromatic rings. The second kappa shape index (κ2) is 3.65. The van der Waals surface area contributed by atoms with Crippen molar-refractivity contribution in [1.82, 2.24) is 0 Å². The van der Waals surface area contributed by atoms with Crippen LogP contribution in [0.4, 0.5) is 0 Å². The summed E-state index contributed by atoms with van der Waals surface area (Å²) < 4.78 is 10.4. The Kier molecular flexibility index (Phi) is 2.35. The molecule has 2 aliphatic rings. The van der Waals surface area contributed by atoms with Crippen LogP contribution in [-0.4, -0.2) is 0 Å². The third-order valence-corrected chi connectivity index (χ3v) is 2.53. The van der Waals surface area contributed by atoms with Crippen molar-refractivity contribution in [3.05, 3.63) is 24.5 Å². The average Bonchev–Trinajstić information content (AvgIpc) is 2.21. The van der Waals surface area contributed by atoms with Crippen LogP contribution in [0, 0.1) is 5.92 Å². The lowest BCUT2D eigenvalue weighted by Gasteiger charge is -2.23. The molecule has 1 fully saturated rings. The van der Waals surface area contributed by atoms with Gasteiger partial charge in [0.25, 0.3) is 0 Å². The SMILES string of the molecule is C1=COC(C2CCCCC2)=CO1. The molecule has 0 saturated heterocycles. The standard InChI is InChI=1S/C10H14O2/c1-2-4-9(5-3-1)10-8-11-6-7-12-10/h6-9H,1-5H2. The summed E-state index contributed by atoms with van der Waals surface area (Å²) in [6.07, 6.45) is 11.4. The van der Waals surface area contributed by atoms with Crippen LogP contribution in [0.3, 0.4) is 0 Å². The zero-order chi connectivity index (χ0) is 8.23. The smallest absolute Gasteiger partial charge is 0.141 e. The third-order valence-electron chi connectivity index (χ3n) is 2.53. The van der Waals surface area contributed by atoms with E-state index in [1.807, 2.05) is 0 Å². The first-order chi connectivity index (χ1) is 5.97. The Morgan fingerprint density at radius 3 is 2.58 bits per heavy atom. The Bertz CT molecular complexity index is 200. The van der Waals surface area contributed by atoms with Gasteiger partial charge in [-0.1, -0.05) is 19.3 Å². The zero-order valence-electron chi connectivity index (χ0n) is 7.16. The van der Waals surface area contributed by atoms with E-state index in [-0.39, 0.29) is 0 Å². The van der Waals surface area contributed by atoms with Crippen molar-refractivity contribution in [2.24, 2.45) is 5.92 Å². The zero-order valence-corrected chi connectivity index (χ0v) is 7.16. The molecule has 0 amide bonds. The van der Waals surface area contributed by atoms with Gasteiger partial charge in [0.1, 0.15) is 24.5 Å². The predicted octanol–water partition coefficient (Wildman–Crippen LogP) is 2.93. The fraction of sp³-hybridized carbons (Fsp3) is 0.600. The fourth-order valence-electron chi connectivity index (χ4n) is 1.85. The number of hydrogen-bond acceptors (Lipinski definition) is 2. The third kappa shape index (κ3) is 1.63. The molecular formula is C10H14O2. The Hall–Kier alpha value is -0.920. The highest BCUT2D eigenvalue weighted by Crippen LogP contribution is 2.31. The quantitative estimate of drug-likeness (QED) is 0.596. The second-order valence-electron chi connectivity index (χ2n) is 3.38. The van der Waals surface area contributed by atoms with Gasteiger partial charge < -0.3 is 9.47 Å². The van der Waals surface area contributed by atoms with Gasteiger partial charge in [-0.05, 0) is 12.8 Å². The van der Waals surface area contributed by atoms with Crippen LogP contribution in [0.15, 0.2) is 24.5 Å². The molecule has 0 N–H and O–H groups in total. The molecule has 0 spiro atoms. The summed E-state index contributed by atoms with van der Waals surface area (Å²) in [5, 5.41) is 0. The molecule has 1 aliphatic carbocycles. The lowest BCUT2D eigenvalue weighted by Crippen LogP contribution is -2.11. The molecule has 12 heavy (non-hydrogen) atoms. The van der Waals surface area contributed by atoms with Crippen LogP contribution in [0.25, 0.3) is 0 Å². The van der Waals surface area contributed by atoms with Crippen molar-refractivity contribution in [1.29, 1.82) is 0 Å².